The molecule has 2 aromatic carbocycles. The SMILES string of the molecule is CCOc1ccc(NC(=O)CCc2ccc(S(=O)(=O)NC)cc2)cc1F. The van der Waals surface area contributed by atoms with Gasteiger partial charge in [0.2, 0.25) is 15.9 Å². The topological polar surface area (TPSA) is 84.5 Å². The predicted octanol–water partition coefficient (Wildman–Crippen LogP) is 2.70. The number of amides is 1. The Kier molecular flexibility index (Phi) is 6.70. The number of carbonyl (C=O) groups is 1. The van der Waals surface area contributed by atoms with Gasteiger partial charge in [-0.15, -0.1) is 0 Å². The van der Waals surface area contributed by atoms with Crippen LogP contribution in [0, 0.1) is 5.82 Å². The molecule has 0 saturated heterocycles. The highest BCUT2D eigenvalue weighted by Crippen LogP contribution is 2.21. The highest BCUT2D eigenvalue weighted by molar-refractivity contribution is 7.89. The number of sulfonamides is 1. The molecule has 1 amide bonds. The standard InChI is InChI=1S/C18H21FN2O4S/c1-3-25-17-10-7-14(12-16(17)19)21-18(22)11-6-13-4-8-15(9-5-13)26(23,24)20-2/h4-5,7-10,12,20H,3,6,11H2,1-2H3,(H,21,22). The van der Waals surface area contributed by atoms with Crippen LogP contribution in [0.4, 0.5) is 10.1 Å². The van der Waals surface area contributed by atoms with Crippen LogP contribution >= 0.6 is 0 Å². The summed E-state index contributed by atoms with van der Waals surface area (Å²) in [5.41, 5.74) is 1.18. The third-order valence-corrected chi connectivity index (χ3v) is 5.09. The lowest BCUT2D eigenvalue weighted by atomic mass is 10.1. The average molecular weight is 380 g/mol. The van der Waals surface area contributed by atoms with Gasteiger partial charge in [0.05, 0.1) is 11.5 Å². The van der Waals surface area contributed by atoms with Gasteiger partial charge < -0.3 is 10.1 Å². The molecule has 2 N–H and O–H groups in total. The molecule has 0 heterocycles. The van der Waals surface area contributed by atoms with Gasteiger partial charge in [-0.3, -0.25) is 4.79 Å². The molecular weight excluding hydrogens is 359 g/mol. The monoisotopic (exact) mass is 380 g/mol. The number of ether oxygens (including phenoxy) is 1. The molecule has 0 aliphatic heterocycles. The number of halogens is 1. The molecule has 0 fully saturated rings. The van der Waals surface area contributed by atoms with Crippen molar-refractivity contribution in [2.75, 3.05) is 19.0 Å². The smallest absolute Gasteiger partial charge is 0.240 e. The van der Waals surface area contributed by atoms with Gasteiger partial charge in [0, 0.05) is 18.2 Å². The van der Waals surface area contributed by atoms with E-state index in [0.29, 0.717) is 18.7 Å². The summed E-state index contributed by atoms with van der Waals surface area (Å²) in [5, 5.41) is 2.63. The fourth-order valence-corrected chi connectivity index (χ4v) is 3.02. The van der Waals surface area contributed by atoms with Gasteiger partial charge in [-0.05, 0) is 50.2 Å². The summed E-state index contributed by atoms with van der Waals surface area (Å²) in [7, 11) is -2.13. The highest BCUT2D eigenvalue weighted by Gasteiger charge is 2.11. The van der Waals surface area contributed by atoms with Crippen molar-refractivity contribution < 1.29 is 22.3 Å². The zero-order valence-electron chi connectivity index (χ0n) is 14.6. The van der Waals surface area contributed by atoms with Crippen LogP contribution in [0.25, 0.3) is 0 Å². The fourth-order valence-electron chi connectivity index (χ4n) is 2.29. The Hall–Kier alpha value is -2.45. The lowest BCUT2D eigenvalue weighted by Gasteiger charge is -2.09. The maximum Gasteiger partial charge on any atom is 0.240 e. The van der Waals surface area contributed by atoms with Crippen LogP contribution in [0.15, 0.2) is 47.4 Å². The third-order valence-electron chi connectivity index (χ3n) is 3.66. The predicted molar refractivity (Wildman–Crippen MR) is 97.2 cm³/mol. The Balaban J connectivity index is 1.92. The van der Waals surface area contributed by atoms with E-state index in [2.05, 4.69) is 10.0 Å². The fraction of sp³-hybridized carbons (Fsp3) is 0.278. The van der Waals surface area contributed by atoms with Crippen molar-refractivity contribution in [1.82, 2.24) is 4.72 Å². The van der Waals surface area contributed by atoms with Gasteiger partial charge >= 0.3 is 0 Å². The van der Waals surface area contributed by atoms with E-state index in [-0.39, 0.29) is 23.0 Å². The number of carbonyl (C=O) groups excluding carboxylic acids is 1. The minimum Gasteiger partial charge on any atom is -0.491 e. The first-order valence-corrected chi connectivity index (χ1v) is 9.58. The molecule has 26 heavy (non-hydrogen) atoms. The molecule has 0 aliphatic carbocycles. The molecule has 0 spiro atoms. The number of rotatable bonds is 8. The van der Waals surface area contributed by atoms with E-state index in [9.17, 15) is 17.6 Å². The van der Waals surface area contributed by atoms with E-state index >= 15 is 0 Å². The number of hydrogen-bond acceptors (Lipinski definition) is 4. The molecular formula is C18H21FN2O4S. The van der Waals surface area contributed by atoms with E-state index in [1.165, 1.54) is 31.3 Å². The van der Waals surface area contributed by atoms with Crippen molar-refractivity contribution in [1.29, 1.82) is 0 Å². The molecule has 2 aromatic rings. The first-order chi connectivity index (χ1) is 12.4. The van der Waals surface area contributed by atoms with Crippen LogP contribution in [0.2, 0.25) is 0 Å². The van der Waals surface area contributed by atoms with Crippen molar-refractivity contribution in [3.05, 3.63) is 53.8 Å². The van der Waals surface area contributed by atoms with Gasteiger partial charge in [0.15, 0.2) is 11.6 Å². The Labute approximate surface area is 152 Å². The van der Waals surface area contributed by atoms with Crippen LogP contribution in [0.3, 0.4) is 0 Å². The number of benzene rings is 2. The molecule has 0 aliphatic rings. The van der Waals surface area contributed by atoms with E-state index in [1.54, 1.807) is 25.1 Å². The molecule has 8 heteroatoms. The molecule has 6 nitrogen and oxygen atoms in total. The summed E-state index contributed by atoms with van der Waals surface area (Å²) in [6.45, 7) is 2.12. The maximum absolute atomic E-state index is 13.8. The van der Waals surface area contributed by atoms with E-state index in [4.69, 9.17) is 4.74 Å². The van der Waals surface area contributed by atoms with Crippen LogP contribution in [0.5, 0.6) is 5.75 Å². The molecule has 0 unspecified atom stereocenters. The minimum absolute atomic E-state index is 0.141. The largest absolute Gasteiger partial charge is 0.491 e. The molecule has 0 radical (unpaired) electrons. The summed E-state index contributed by atoms with van der Waals surface area (Å²) in [5.74, 6) is -0.659. The summed E-state index contributed by atoms with van der Waals surface area (Å²) in [4.78, 5) is 12.2. The number of nitrogens with one attached hydrogen (secondary N) is 2. The van der Waals surface area contributed by atoms with Crippen LogP contribution < -0.4 is 14.8 Å². The highest BCUT2D eigenvalue weighted by atomic mass is 32.2. The first-order valence-electron chi connectivity index (χ1n) is 8.10. The van der Waals surface area contributed by atoms with Gasteiger partial charge in [-0.1, -0.05) is 12.1 Å². The second-order valence-electron chi connectivity index (χ2n) is 5.48. The Morgan fingerprint density at radius 1 is 1.15 bits per heavy atom. The average Bonchev–Trinajstić information content (AvgIpc) is 2.63. The number of hydrogen-bond donors (Lipinski definition) is 2. The van der Waals surface area contributed by atoms with Crippen molar-refractivity contribution in [2.24, 2.45) is 0 Å². The zero-order chi connectivity index (χ0) is 19.2. The zero-order valence-corrected chi connectivity index (χ0v) is 15.4. The summed E-state index contributed by atoms with van der Waals surface area (Å²) in [6, 6.07) is 10.5. The van der Waals surface area contributed by atoms with Gasteiger partial charge in [-0.2, -0.15) is 0 Å². The summed E-state index contributed by atoms with van der Waals surface area (Å²) < 4.78 is 44.4. The lowest BCUT2D eigenvalue weighted by Crippen LogP contribution is -2.18. The van der Waals surface area contributed by atoms with E-state index in [1.807, 2.05) is 0 Å². The summed E-state index contributed by atoms with van der Waals surface area (Å²) in [6.07, 6.45) is 0.623. The van der Waals surface area contributed by atoms with Gasteiger partial charge in [0.1, 0.15) is 0 Å². The van der Waals surface area contributed by atoms with Crippen molar-refractivity contribution in [3.8, 4) is 5.75 Å². The summed E-state index contributed by atoms with van der Waals surface area (Å²) >= 11 is 0. The molecule has 0 atom stereocenters. The normalized spacial score (nSPS) is 11.2. The van der Waals surface area contributed by atoms with Crippen molar-refractivity contribution >= 4 is 21.6 Å². The molecule has 2 rings (SSSR count). The van der Waals surface area contributed by atoms with Crippen LogP contribution in [-0.4, -0.2) is 28.0 Å². The number of anilines is 1. The van der Waals surface area contributed by atoms with Crippen molar-refractivity contribution in [3.63, 3.8) is 0 Å². The molecule has 0 saturated carbocycles. The maximum atomic E-state index is 13.8. The lowest BCUT2D eigenvalue weighted by molar-refractivity contribution is -0.116. The number of aryl methyl sites for hydroxylation is 1. The van der Waals surface area contributed by atoms with Crippen LogP contribution in [0.1, 0.15) is 18.9 Å². The van der Waals surface area contributed by atoms with Crippen LogP contribution in [-0.2, 0) is 21.2 Å². The Bertz CT molecular complexity index is 867. The quantitative estimate of drug-likeness (QED) is 0.737. The Morgan fingerprint density at radius 3 is 2.42 bits per heavy atom. The van der Waals surface area contributed by atoms with Crippen molar-refractivity contribution in [2.45, 2.75) is 24.7 Å². The molecule has 140 valence electrons. The molecule has 0 aromatic heterocycles. The second kappa shape index (κ2) is 8.77. The third kappa shape index (κ3) is 5.27. The van der Waals surface area contributed by atoms with E-state index in [0.717, 1.165) is 5.56 Å². The van der Waals surface area contributed by atoms with E-state index < -0.39 is 15.8 Å². The Morgan fingerprint density at radius 2 is 1.85 bits per heavy atom. The van der Waals surface area contributed by atoms with Gasteiger partial charge in [-0.25, -0.2) is 17.5 Å². The van der Waals surface area contributed by atoms with Gasteiger partial charge in [0.25, 0.3) is 0 Å². The first kappa shape index (κ1) is 19.9. The minimum atomic E-state index is -3.47. The second-order valence-corrected chi connectivity index (χ2v) is 7.36. The molecule has 0 bridgehead atoms.